The monoisotopic (exact) mass is 251 g/mol. The van der Waals surface area contributed by atoms with E-state index in [2.05, 4.69) is 0 Å². The standard InChI is InChI=1S/C15H25NO2/c1-14(2,3)18-13(17)16-9-15(10-16)7-6-12(8-15)11-4-5-11/h11-12H,4-10H2,1-3H3. The molecule has 102 valence electrons. The lowest BCUT2D eigenvalue weighted by Gasteiger charge is -2.48. The van der Waals surface area contributed by atoms with Crippen molar-refractivity contribution in [2.24, 2.45) is 17.3 Å². The smallest absolute Gasteiger partial charge is 0.410 e. The number of rotatable bonds is 1. The van der Waals surface area contributed by atoms with E-state index in [4.69, 9.17) is 4.74 Å². The average Bonchev–Trinajstić information content (AvgIpc) is 2.92. The third-order valence-corrected chi connectivity index (χ3v) is 4.73. The Balaban J connectivity index is 1.49. The maximum atomic E-state index is 11.9. The number of likely N-dealkylation sites (tertiary alicyclic amines) is 1. The van der Waals surface area contributed by atoms with Crippen LogP contribution in [0.25, 0.3) is 0 Å². The molecular formula is C15H25NO2. The van der Waals surface area contributed by atoms with Crippen LogP contribution in [0, 0.1) is 17.3 Å². The van der Waals surface area contributed by atoms with Crippen LogP contribution in [-0.2, 0) is 4.74 Å². The maximum absolute atomic E-state index is 11.9. The molecule has 1 aliphatic heterocycles. The topological polar surface area (TPSA) is 29.5 Å². The molecule has 1 atom stereocenters. The van der Waals surface area contributed by atoms with Crippen LogP contribution in [0.15, 0.2) is 0 Å². The molecule has 1 saturated heterocycles. The summed E-state index contributed by atoms with van der Waals surface area (Å²) in [6.07, 6.45) is 6.87. The molecule has 0 radical (unpaired) electrons. The van der Waals surface area contributed by atoms with E-state index in [0.29, 0.717) is 5.41 Å². The Kier molecular flexibility index (Phi) is 2.65. The van der Waals surface area contributed by atoms with Crippen molar-refractivity contribution in [1.29, 1.82) is 0 Å². The number of hydrogen-bond acceptors (Lipinski definition) is 2. The highest BCUT2D eigenvalue weighted by molar-refractivity contribution is 5.69. The third kappa shape index (κ3) is 2.36. The largest absolute Gasteiger partial charge is 0.444 e. The van der Waals surface area contributed by atoms with Crippen molar-refractivity contribution >= 4 is 6.09 Å². The molecule has 3 aliphatic rings. The zero-order valence-electron chi connectivity index (χ0n) is 11.9. The van der Waals surface area contributed by atoms with Gasteiger partial charge in [0.1, 0.15) is 5.60 Å². The van der Waals surface area contributed by atoms with Gasteiger partial charge < -0.3 is 9.64 Å². The minimum atomic E-state index is -0.369. The van der Waals surface area contributed by atoms with Crippen molar-refractivity contribution in [2.45, 2.75) is 58.5 Å². The fourth-order valence-corrected chi connectivity index (χ4v) is 3.73. The number of carbonyl (C=O) groups is 1. The van der Waals surface area contributed by atoms with Gasteiger partial charge in [-0.1, -0.05) is 0 Å². The molecular weight excluding hydrogens is 226 g/mol. The van der Waals surface area contributed by atoms with Crippen LogP contribution in [0.2, 0.25) is 0 Å². The lowest BCUT2D eigenvalue weighted by atomic mass is 9.77. The number of ether oxygens (including phenoxy) is 1. The Labute approximate surface area is 110 Å². The Hall–Kier alpha value is -0.730. The normalized spacial score (nSPS) is 30.4. The predicted molar refractivity (Wildman–Crippen MR) is 70.3 cm³/mol. The van der Waals surface area contributed by atoms with Crippen LogP contribution in [0.3, 0.4) is 0 Å². The Morgan fingerprint density at radius 3 is 2.39 bits per heavy atom. The van der Waals surface area contributed by atoms with Crippen LogP contribution in [-0.4, -0.2) is 29.7 Å². The fraction of sp³-hybridized carbons (Fsp3) is 0.933. The summed E-state index contributed by atoms with van der Waals surface area (Å²) in [7, 11) is 0. The molecule has 0 bridgehead atoms. The van der Waals surface area contributed by atoms with Crippen molar-refractivity contribution in [3.63, 3.8) is 0 Å². The van der Waals surface area contributed by atoms with Gasteiger partial charge in [-0.05, 0) is 64.7 Å². The van der Waals surface area contributed by atoms with Crippen molar-refractivity contribution in [1.82, 2.24) is 4.90 Å². The van der Waals surface area contributed by atoms with E-state index in [1.54, 1.807) is 0 Å². The van der Waals surface area contributed by atoms with Crippen molar-refractivity contribution in [3.8, 4) is 0 Å². The molecule has 1 unspecified atom stereocenters. The van der Waals surface area contributed by atoms with Crippen LogP contribution >= 0.6 is 0 Å². The summed E-state index contributed by atoms with van der Waals surface area (Å²) in [5.41, 5.74) is 0.0935. The zero-order chi connectivity index (χ0) is 13.0. The molecule has 1 heterocycles. The van der Waals surface area contributed by atoms with Crippen LogP contribution in [0.1, 0.15) is 52.9 Å². The molecule has 0 aromatic rings. The van der Waals surface area contributed by atoms with E-state index in [-0.39, 0.29) is 11.7 Å². The molecule has 3 nitrogen and oxygen atoms in total. The summed E-state index contributed by atoms with van der Waals surface area (Å²) in [5.74, 6) is 1.99. The number of carbonyl (C=O) groups excluding carboxylic acids is 1. The van der Waals surface area contributed by atoms with Gasteiger partial charge in [-0.15, -0.1) is 0 Å². The Bertz CT molecular complexity index is 348. The third-order valence-electron chi connectivity index (χ3n) is 4.73. The van der Waals surface area contributed by atoms with Crippen LogP contribution in [0.4, 0.5) is 4.79 Å². The lowest BCUT2D eigenvalue weighted by Crippen LogP contribution is -2.58. The van der Waals surface area contributed by atoms with E-state index in [0.717, 1.165) is 24.9 Å². The number of hydrogen-bond donors (Lipinski definition) is 0. The van der Waals surface area contributed by atoms with Gasteiger partial charge in [0, 0.05) is 18.5 Å². The fourth-order valence-electron chi connectivity index (χ4n) is 3.73. The van der Waals surface area contributed by atoms with E-state index in [9.17, 15) is 4.79 Å². The zero-order valence-corrected chi connectivity index (χ0v) is 11.9. The first-order valence-electron chi connectivity index (χ1n) is 7.35. The van der Waals surface area contributed by atoms with Gasteiger partial charge in [-0.25, -0.2) is 4.79 Å². The van der Waals surface area contributed by atoms with Gasteiger partial charge >= 0.3 is 6.09 Å². The predicted octanol–water partition coefficient (Wildman–Crippen LogP) is 3.43. The highest BCUT2D eigenvalue weighted by Gasteiger charge is 2.52. The Morgan fingerprint density at radius 2 is 1.83 bits per heavy atom. The van der Waals surface area contributed by atoms with Gasteiger partial charge in [0.25, 0.3) is 0 Å². The quantitative estimate of drug-likeness (QED) is 0.714. The molecule has 0 aromatic carbocycles. The van der Waals surface area contributed by atoms with Gasteiger partial charge in [0.2, 0.25) is 0 Å². The number of nitrogens with zero attached hydrogens (tertiary/aromatic N) is 1. The Morgan fingerprint density at radius 1 is 1.17 bits per heavy atom. The van der Waals surface area contributed by atoms with Gasteiger partial charge in [-0.2, -0.15) is 0 Å². The van der Waals surface area contributed by atoms with E-state index >= 15 is 0 Å². The van der Waals surface area contributed by atoms with Crippen molar-refractivity contribution in [3.05, 3.63) is 0 Å². The second kappa shape index (κ2) is 3.88. The molecule has 1 spiro atoms. The molecule has 0 N–H and O–H groups in total. The van der Waals surface area contributed by atoms with E-state index in [1.165, 1.54) is 32.1 Å². The highest BCUT2D eigenvalue weighted by Crippen LogP contribution is 2.55. The summed E-state index contributed by atoms with van der Waals surface area (Å²) in [6, 6.07) is 0. The molecule has 3 rings (SSSR count). The molecule has 2 saturated carbocycles. The van der Waals surface area contributed by atoms with Gasteiger partial charge in [0.05, 0.1) is 0 Å². The molecule has 2 aliphatic carbocycles. The van der Waals surface area contributed by atoms with Crippen molar-refractivity contribution < 1.29 is 9.53 Å². The van der Waals surface area contributed by atoms with Gasteiger partial charge in [0.15, 0.2) is 0 Å². The molecule has 1 amide bonds. The molecule has 3 heteroatoms. The van der Waals surface area contributed by atoms with Gasteiger partial charge in [-0.3, -0.25) is 0 Å². The summed E-state index contributed by atoms with van der Waals surface area (Å²) in [6.45, 7) is 7.66. The summed E-state index contributed by atoms with van der Waals surface area (Å²) >= 11 is 0. The first kappa shape index (κ1) is 12.3. The maximum Gasteiger partial charge on any atom is 0.410 e. The molecule has 0 aromatic heterocycles. The summed E-state index contributed by atoms with van der Waals surface area (Å²) in [5, 5.41) is 0. The van der Waals surface area contributed by atoms with E-state index in [1.807, 2.05) is 25.7 Å². The van der Waals surface area contributed by atoms with Crippen LogP contribution in [0.5, 0.6) is 0 Å². The van der Waals surface area contributed by atoms with E-state index < -0.39 is 0 Å². The second-order valence-electron chi connectivity index (χ2n) is 7.68. The average molecular weight is 251 g/mol. The minimum Gasteiger partial charge on any atom is -0.444 e. The van der Waals surface area contributed by atoms with Crippen molar-refractivity contribution in [2.75, 3.05) is 13.1 Å². The second-order valence-corrected chi connectivity index (χ2v) is 7.68. The first-order valence-corrected chi connectivity index (χ1v) is 7.35. The molecule has 3 fully saturated rings. The number of amides is 1. The molecule has 18 heavy (non-hydrogen) atoms. The lowest BCUT2D eigenvalue weighted by molar-refractivity contribution is -0.0335. The summed E-state index contributed by atoms with van der Waals surface area (Å²) in [4.78, 5) is 13.8. The SMILES string of the molecule is CC(C)(C)OC(=O)N1CC2(CCC(C3CC3)C2)C1. The minimum absolute atomic E-state index is 0.122. The summed E-state index contributed by atoms with van der Waals surface area (Å²) < 4.78 is 5.42. The van der Waals surface area contributed by atoms with Crippen LogP contribution < -0.4 is 0 Å². The first-order chi connectivity index (χ1) is 8.37. The highest BCUT2D eigenvalue weighted by atomic mass is 16.6.